The maximum absolute atomic E-state index is 12.0. The molecule has 12 heavy (non-hydrogen) atoms. The molecule has 1 aliphatic heterocycles. The second-order valence-electron chi connectivity index (χ2n) is 2.02. The summed E-state index contributed by atoms with van der Waals surface area (Å²) in [5.74, 6) is 0. The first-order chi connectivity index (χ1) is 5.43. The third-order valence-electron chi connectivity index (χ3n) is 1.21. The average Bonchev–Trinajstić information content (AvgIpc) is 2.30. The van der Waals surface area contributed by atoms with Gasteiger partial charge in [-0.05, 0) is 0 Å². The van der Waals surface area contributed by atoms with E-state index in [0.717, 1.165) is 0 Å². The van der Waals surface area contributed by atoms with Crippen LogP contribution in [0.4, 0.5) is 18.0 Å². The molecule has 1 atom stereocenters. The Morgan fingerprint density at radius 1 is 1.67 bits per heavy atom. The van der Waals surface area contributed by atoms with E-state index in [4.69, 9.17) is 5.11 Å². The molecule has 1 fully saturated rings. The Kier molecular flexibility index (Phi) is 2.38. The summed E-state index contributed by atoms with van der Waals surface area (Å²) in [6, 6.07) is -2.06. The van der Waals surface area contributed by atoms with Gasteiger partial charge in [-0.3, -0.25) is 4.18 Å². The summed E-state index contributed by atoms with van der Waals surface area (Å²) < 4.78 is 40.4. The number of carbonyl (C=O) groups is 1. The second kappa shape index (κ2) is 3.02. The second-order valence-corrected chi connectivity index (χ2v) is 2.80. The van der Waals surface area contributed by atoms with Crippen LogP contribution in [0.25, 0.3) is 0 Å². The summed E-state index contributed by atoms with van der Waals surface area (Å²) in [6.07, 6.45) is -6.22. The van der Waals surface area contributed by atoms with E-state index in [0.29, 0.717) is 0 Å². The normalized spacial score (nSPS) is 24.6. The zero-order chi connectivity index (χ0) is 9.35. The van der Waals surface area contributed by atoms with Crippen molar-refractivity contribution in [3.8, 4) is 0 Å². The van der Waals surface area contributed by atoms with Crippen molar-refractivity contribution < 1.29 is 27.3 Å². The summed E-state index contributed by atoms with van der Waals surface area (Å²) in [4.78, 5) is 10.2. The molecule has 8 heteroatoms. The Morgan fingerprint density at radius 3 is 2.58 bits per heavy atom. The van der Waals surface area contributed by atoms with Gasteiger partial charge in [0.05, 0.1) is 6.61 Å². The first kappa shape index (κ1) is 9.46. The highest BCUT2D eigenvalue weighted by Gasteiger charge is 2.50. The molecule has 1 rings (SSSR count). The average molecular weight is 203 g/mol. The molecule has 1 N–H and O–H groups in total. The Morgan fingerprint density at radius 2 is 2.25 bits per heavy atom. The molecule has 4 nitrogen and oxygen atoms in total. The first-order valence-corrected chi connectivity index (χ1v) is 3.51. The first-order valence-electron chi connectivity index (χ1n) is 2.81. The van der Waals surface area contributed by atoms with Crippen LogP contribution in [0.15, 0.2) is 0 Å². The van der Waals surface area contributed by atoms with Gasteiger partial charge in [0.15, 0.2) is 6.04 Å². The number of hydrogen-bond donors (Lipinski definition) is 1. The smallest absolute Gasteiger partial charge is 0.419 e. The molecule has 70 valence electrons. The summed E-state index contributed by atoms with van der Waals surface area (Å²) in [7, 11) is 0. The molecule has 0 saturated carbocycles. The lowest BCUT2D eigenvalue weighted by Gasteiger charge is -2.19. The number of amides is 1. The van der Waals surface area contributed by atoms with Gasteiger partial charge < -0.3 is 5.11 Å². The van der Waals surface area contributed by atoms with E-state index in [2.05, 4.69) is 4.18 Å². The Balaban J connectivity index is 2.71. The topological polar surface area (TPSA) is 49.8 Å². The lowest BCUT2D eigenvalue weighted by molar-refractivity contribution is -0.166. The summed E-state index contributed by atoms with van der Waals surface area (Å²) in [5, 5.41) is 8.27. The quantitative estimate of drug-likeness (QED) is 0.478. The molecule has 1 saturated heterocycles. The minimum absolute atomic E-state index is 0.139. The van der Waals surface area contributed by atoms with Gasteiger partial charge in [-0.25, -0.2) is 9.10 Å². The van der Waals surface area contributed by atoms with Crippen LogP contribution < -0.4 is 0 Å². The van der Waals surface area contributed by atoms with Crippen LogP contribution >= 0.6 is 12.2 Å². The number of rotatable bonds is 0. The van der Waals surface area contributed by atoms with Crippen molar-refractivity contribution in [2.24, 2.45) is 0 Å². The van der Waals surface area contributed by atoms with E-state index in [1.807, 2.05) is 0 Å². The van der Waals surface area contributed by atoms with Gasteiger partial charge in [0.2, 0.25) is 0 Å². The van der Waals surface area contributed by atoms with E-state index in [1.54, 1.807) is 0 Å². The predicted octanol–water partition coefficient (Wildman–Crippen LogP) is 1.49. The van der Waals surface area contributed by atoms with Crippen molar-refractivity contribution in [3.63, 3.8) is 0 Å². The lowest BCUT2D eigenvalue weighted by atomic mass is 10.3. The van der Waals surface area contributed by atoms with Crippen molar-refractivity contribution in [2.45, 2.75) is 12.2 Å². The van der Waals surface area contributed by atoms with Crippen molar-refractivity contribution in [1.82, 2.24) is 4.31 Å². The molecule has 0 aromatic heterocycles. The molecule has 0 bridgehead atoms. The summed E-state index contributed by atoms with van der Waals surface area (Å²) in [6.45, 7) is -0.652. The molecule has 0 spiro atoms. The van der Waals surface area contributed by atoms with Gasteiger partial charge in [-0.15, -0.1) is 0 Å². The van der Waals surface area contributed by atoms with Crippen LogP contribution in [0, 0.1) is 0 Å². The maximum Gasteiger partial charge on any atom is 0.419 e. The van der Waals surface area contributed by atoms with E-state index < -0.39 is 24.9 Å². The van der Waals surface area contributed by atoms with Crippen LogP contribution in [-0.2, 0) is 4.18 Å². The Bertz CT molecular complexity index is 196. The zero-order valence-electron chi connectivity index (χ0n) is 5.54. The number of carboxylic acid groups (broad SMARTS) is 1. The van der Waals surface area contributed by atoms with Crippen molar-refractivity contribution in [2.75, 3.05) is 6.61 Å². The summed E-state index contributed by atoms with van der Waals surface area (Å²) >= 11 is 0.199. The molecule has 0 aliphatic carbocycles. The molecular formula is C4H4F3NO3S. The standard InChI is InChI=1S/C4H4F3NO3S/c5-4(6,7)2-1-11-12-8(2)3(9)10/h2H,1H2,(H,9,10)/t2-/m0/s1. The number of halogens is 3. The van der Waals surface area contributed by atoms with Crippen LogP contribution in [0.5, 0.6) is 0 Å². The van der Waals surface area contributed by atoms with Gasteiger partial charge in [-0.2, -0.15) is 13.2 Å². The highest BCUT2D eigenvalue weighted by molar-refractivity contribution is 7.93. The van der Waals surface area contributed by atoms with Crippen LogP contribution in [0.2, 0.25) is 0 Å². The largest absolute Gasteiger partial charge is 0.464 e. The molecule has 0 aromatic rings. The highest BCUT2D eigenvalue weighted by atomic mass is 32.2. The molecule has 1 aliphatic rings. The zero-order valence-corrected chi connectivity index (χ0v) is 6.35. The molecule has 0 aromatic carbocycles. The van der Waals surface area contributed by atoms with Gasteiger partial charge in [-0.1, -0.05) is 0 Å². The molecule has 1 amide bonds. The molecule has 0 radical (unpaired) electrons. The minimum atomic E-state index is -4.57. The van der Waals surface area contributed by atoms with Gasteiger partial charge in [0, 0.05) is 0 Å². The molecule has 0 unspecified atom stereocenters. The van der Waals surface area contributed by atoms with Crippen molar-refractivity contribution >= 4 is 18.3 Å². The van der Waals surface area contributed by atoms with E-state index in [9.17, 15) is 18.0 Å². The predicted molar refractivity (Wildman–Crippen MR) is 33.2 cm³/mol. The summed E-state index contributed by atoms with van der Waals surface area (Å²) in [5.41, 5.74) is 0. The lowest BCUT2D eigenvalue weighted by Crippen LogP contribution is -2.42. The monoisotopic (exact) mass is 203 g/mol. The fraction of sp³-hybridized carbons (Fsp3) is 0.750. The molecule has 1 heterocycles. The van der Waals surface area contributed by atoms with Gasteiger partial charge in [0.25, 0.3) is 0 Å². The van der Waals surface area contributed by atoms with Crippen LogP contribution in [0.3, 0.4) is 0 Å². The third kappa shape index (κ3) is 1.75. The van der Waals surface area contributed by atoms with Crippen molar-refractivity contribution in [3.05, 3.63) is 0 Å². The van der Waals surface area contributed by atoms with E-state index in [-0.39, 0.29) is 16.5 Å². The number of hydrogen-bond acceptors (Lipinski definition) is 3. The highest BCUT2D eigenvalue weighted by Crippen LogP contribution is 2.35. The van der Waals surface area contributed by atoms with Crippen LogP contribution in [0.1, 0.15) is 0 Å². The molecular weight excluding hydrogens is 199 g/mol. The fourth-order valence-corrected chi connectivity index (χ4v) is 1.32. The van der Waals surface area contributed by atoms with E-state index >= 15 is 0 Å². The number of nitrogens with zero attached hydrogens (tertiary/aromatic N) is 1. The minimum Gasteiger partial charge on any atom is -0.464 e. The third-order valence-corrected chi connectivity index (χ3v) is 2.02. The van der Waals surface area contributed by atoms with Crippen LogP contribution in [-0.4, -0.2) is 34.3 Å². The maximum atomic E-state index is 12.0. The van der Waals surface area contributed by atoms with Gasteiger partial charge >= 0.3 is 12.3 Å². The van der Waals surface area contributed by atoms with E-state index in [1.165, 1.54) is 0 Å². The number of alkyl halides is 3. The fourth-order valence-electron chi connectivity index (χ4n) is 0.664. The van der Waals surface area contributed by atoms with Crippen molar-refractivity contribution in [1.29, 1.82) is 0 Å². The SMILES string of the molecule is O=C(O)N1SOC[C@H]1C(F)(F)F. The Hall–Kier alpha value is -0.630. The van der Waals surface area contributed by atoms with Gasteiger partial charge in [0.1, 0.15) is 12.2 Å². The Labute approximate surface area is 69.6 Å².